The first kappa shape index (κ1) is 29.9. The smallest absolute Gasteiger partial charge is 0.148 e. The molecule has 1 aliphatic rings. The molecule has 0 aromatic rings. The van der Waals surface area contributed by atoms with E-state index >= 15 is 0 Å². The summed E-state index contributed by atoms with van der Waals surface area (Å²) in [5.74, 6) is 1.62. The van der Waals surface area contributed by atoms with E-state index in [2.05, 4.69) is 50.3 Å². The van der Waals surface area contributed by atoms with Gasteiger partial charge in [-0.1, -0.05) is 102 Å². The zero-order valence-corrected chi connectivity index (χ0v) is 22.0. The highest BCUT2D eigenvalue weighted by Gasteiger charge is 2.23. The fourth-order valence-corrected chi connectivity index (χ4v) is 4.82. The zero-order valence-electron chi connectivity index (χ0n) is 22.0. The van der Waals surface area contributed by atoms with Gasteiger partial charge in [-0.25, -0.2) is 0 Å². The lowest BCUT2D eigenvalue weighted by atomic mass is 9.92. The molecule has 1 fully saturated rings. The molecule has 0 aliphatic heterocycles. The summed E-state index contributed by atoms with van der Waals surface area (Å²) in [4.78, 5) is 11.3. The topological polar surface area (TPSA) is 26.3 Å². The monoisotopic (exact) mass is 458 g/mol. The fraction of sp³-hybridized carbons (Fsp3) is 0.774. The molecule has 0 amide bonds. The van der Waals surface area contributed by atoms with Crippen LogP contribution in [0.1, 0.15) is 129 Å². The summed E-state index contributed by atoms with van der Waals surface area (Å²) < 4.78 is 5.72. The van der Waals surface area contributed by atoms with E-state index in [9.17, 15) is 4.79 Å². The van der Waals surface area contributed by atoms with Crippen LogP contribution in [0.25, 0.3) is 0 Å². The third-order valence-corrected chi connectivity index (χ3v) is 6.99. The highest BCUT2D eigenvalue weighted by Crippen LogP contribution is 2.35. The molecule has 190 valence electrons. The van der Waals surface area contributed by atoms with Crippen LogP contribution in [0, 0.1) is 11.8 Å². The molecule has 0 bridgehead atoms. The van der Waals surface area contributed by atoms with Gasteiger partial charge in [-0.05, 0) is 76.0 Å². The van der Waals surface area contributed by atoms with Crippen LogP contribution in [0.3, 0.4) is 0 Å². The predicted molar refractivity (Wildman–Crippen MR) is 145 cm³/mol. The van der Waals surface area contributed by atoms with E-state index < -0.39 is 0 Å². The van der Waals surface area contributed by atoms with E-state index in [1.165, 1.54) is 89.9 Å². The van der Waals surface area contributed by atoms with Gasteiger partial charge in [0.05, 0.1) is 6.61 Å². The third-order valence-electron chi connectivity index (χ3n) is 6.99. The van der Waals surface area contributed by atoms with E-state index in [-0.39, 0.29) is 6.10 Å². The average Bonchev–Trinajstić information content (AvgIpc) is 3.28. The molecule has 1 saturated carbocycles. The van der Waals surface area contributed by atoms with Crippen molar-refractivity contribution in [3.05, 3.63) is 36.5 Å². The van der Waals surface area contributed by atoms with Crippen molar-refractivity contribution in [2.75, 3.05) is 6.61 Å². The van der Waals surface area contributed by atoms with Gasteiger partial charge >= 0.3 is 0 Å². The molecule has 0 saturated heterocycles. The van der Waals surface area contributed by atoms with Crippen LogP contribution < -0.4 is 0 Å². The Hall–Kier alpha value is -1.15. The van der Waals surface area contributed by atoms with Crippen LogP contribution in [-0.2, 0) is 9.53 Å². The van der Waals surface area contributed by atoms with Crippen LogP contribution in [0.2, 0.25) is 0 Å². The van der Waals surface area contributed by atoms with Gasteiger partial charge in [0.25, 0.3) is 0 Å². The molecule has 33 heavy (non-hydrogen) atoms. The molecule has 0 aromatic carbocycles. The number of allylic oxidation sites excluding steroid dienone is 5. The molecule has 0 radical (unpaired) electrons. The third kappa shape index (κ3) is 17.0. The Kier molecular flexibility index (Phi) is 20.5. The number of carbonyl (C=O) groups is 1. The van der Waals surface area contributed by atoms with Gasteiger partial charge in [0, 0.05) is 0 Å². The highest BCUT2D eigenvalue weighted by atomic mass is 16.5. The molecular weight excluding hydrogens is 404 g/mol. The summed E-state index contributed by atoms with van der Waals surface area (Å²) in [5.41, 5.74) is 0. The summed E-state index contributed by atoms with van der Waals surface area (Å²) in [6.45, 7) is 5.08. The number of aldehydes is 1. The van der Waals surface area contributed by atoms with Crippen molar-refractivity contribution in [2.45, 2.75) is 136 Å². The van der Waals surface area contributed by atoms with Crippen molar-refractivity contribution < 1.29 is 9.53 Å². The lowest BCUT2D eigenvalue weighted by Crippen LogP contribution is -2.14. The first-order valence-electron chi connectivity index (χ1n) is 14.3. The Morgan fingerprint density at radius 2 is 1.42 bits per heavy atom. The Labute approximate surface area is 206 Å². The van der Waals surface area contributed by atoms with Gasteiger partial charge in [-0.15, -0.1) is 0 Å². The van der Waals surface area contributed by atoms with Gasteiger partial charge in [-0.2, -0.15) is 0 Å². The Morgan fingerprint density at radius 1 is 0.758 bits per heavy atom. The standard InChI is InChI=1S/C31H54O2/c1-3-5-7-9-11-12-16-20-27-33-31(28-32)26-19-15-14-18-23-30-25-21-24-29(30)22-17-13-10-8-6-4-2/h14,16-18,20,22,28-31H,3-13,15,19,21,23-27H2,1-2H3/b18-14-,20-16?,22-17+/t29-,30-,31?/m0/s1. The maximum Gasteiger partial charge on any atom is 0.148 e. The van der Waals surface area contributed by atoms with Crippen molar-refractivity contribution in [1.82, 2.24) is 0 Å². The molecule has 1 aliphatic carbocycles. The lowest BCUT2D eigenvalue weighted by molar-refractivity contribution is -0.117. The number of hydrogen-bond donors (Lipinski definition) is 0. The molecule has 1 rings (SSSR count). The summed E-state index contributed by atoms with van der Waals surface area (Å²) in [5, 5.41) is 0. The first-order valence-corrected chi connectivity index (χ1v) is 14.3. The second-order valence-electron chi connectivity index (χ2n) is 9.95. The Balaban J connectivity index is 2.08. The van der Waals surface area contributed by atoms with Gasteiger partial charge in [0.15, 0.2) is 0 Å². The number of ether oxygens (including phenoxy) is 1. The van der Waals surface area contributed by atoms with Gasteiger partial charge in [0.1, 0.15) is 12.4 Å². The SMILES string of the molecule is CCCCCC/C=C/[C@H]1CCC[C@@H]1C/C=C\CCCC(C=O)OCC=CCCCCCCC. The minimum absolute atomic E-state index is 0.255. The maximum atomic E-state index is 11.3. The summed E-state index contributed by atoms with van der Waals surface area (Å²) in [7, 11) is 0. The number of hydrogen-bond acceptors (Lipinski definition) is 2. The van der Waals surface area contributed by atoms with E-state index in [1.54, 1.807) is 0 Å². The molecule has 2 heteroatoms. The molecular formula is C31H54O2. The lowest BCUT2D eigenvalue weighted by Gasteiger charge is -2.14. The molecule has 0 heterocycles. The minimum atomic E-state index is -0.255. The van der Waals surface area contributed by atoms with Crippen molar-refractivity contribution in [3.63, 3.8) is 0 Å². The van der Waals surface area contributed by atoms with Gasteiger partial charge in [0.2, 0.25) is 0 Å². The Morgan fingerprint density at radius 3 is 2.18 bits per heavy atom. The van der Waals surface area contributed by atoms with Crippen molar-refractivity contribution >= 4 is 6.29 Å². The minimum Gasteiger partial charge on any atom is -0.367 e. The second kappa shape index (κ2) is 22.6. The van der Waals surface area contributed by atoms with Crippen LogP contribution in [-0.4, -0.2) is 19.0 Å². The fourth-order valence-electron chi connectivity index (χ4n) is 4.82. The maximum absolute atomic E-state index is 11.3. The second-order valence-corrected chi connectivity index (χ2v) is 9.95. The predicted octanol–water partition coefficient (Wildman–Crippen LogP) is 9.55. The normalized spacial score (nSPS) is 19.9. The zero-order chi connectivity index (χ0) is 23.8. The molecule has 0 N–H and O–H groups in total. The van der Waals surface area contributed by atoms with Gasteiger partial charge < -0.3 is 9.53 Å². The number of rotatable bonds is 22. The van der Waals surface area contributed by atoms with E-state index in [1.807, 2.05) is 0 Å². The highest BCUT2D eigenvalue weighted by molar-refractivity contribution is 5.55. The van der Waals surface area contributed by atoms with Gasteiger partial charge in [-0.3, -0.25) is 0 Å². The average molecular weight is 459 g/mol. The van der Waals surface area contributed by atoms with E-state index in [0.29, 0.717) is 6.61 Å². The van der Waals surface area contributed by atoms with Crippen LogP contribution in [0.5, 0.6) is 0 Å². The van der Waals surface area contributed by atoms with E-state index in [4.69, 9.17) is 4.74 Å². The molecule has 1 unspecified atom stereocenters. The summed E-state index contributed by atoms with van der Waals surface area (Å²) >= 11 is 0. The Bertz CT molecular complexity index is 519. The van der Waals surface area contributed by atoms with Crippen molar-refractivity contribution in [1.29, 1.82) is 0 Å². The van der Waals surface area contributed by atoms with Crippen molar-refractivity contribution in [3.8, 4) is 0 Å². The molecule has 0 spiro atoms. The van der Waals surface area contributed by atoms with Crippen LogP contribution >= 0.6 is 0 Å². The van der Waals surface area contributed by atoms with E-state index in [0.717, 1.165) is 43.8 Å². The first-order chi connectivity index (χ1) is 16.3. The molecule has 0 aromatic heterocycles. The van der Waals surface area contributed by atoms with Crippen LogP contribution in [0.4, 0.5) is 0 Å². The molecule has 3 atom stereocenters. The largest absolute Gasteiger partial charge is 0.367 e. The quantitative estimate of drug-likeness (QED) is 0.0917. The number of carbonyl (C=O) groups excluding carboxylic acids is 1. The van der Waals surface area contributed by atoms with Crippen molar-refractivity contribution in [2.24, 2.45) is 11.8 Å². The van der Waals surface area contributed by atoms with Crippen LogP contribution in [0.15, 0.2) is 36.5 Å². The molecule has 2 nitrogen and oxygen atoms in total. The summed E-state index contributed by atoms with van der Waals surface area (Å²) in [6, 6.07) is 0. The summed E-state index contributed by atoms with van der Waals surface area (Å²) in [6.07, 6.45) is 37.3. The number of unbranched alkanes of at least 4 members (excludes halogenated alkanes) is 10.